The van der Waals surface area contributed by atoms with Crippen LogP contribution >= 0.6 is 0 Å². The predicted octanol–water partition coefficient (Wildman–Crippen LogP) is 4.47. The zero-order valence-electron chi connectivity index (χ0n) is 11.2. The van der Waals surface area contributed by atoms with Crippen LogP contribution in [0.15, 0.2) is 5.16 Å². The van der Waals surface area contributed by atoms with E-state index in [-0.39, 0.29) is 0 Å². The molecule has 0 atom stereocenters. The summed E-state index contributed by atoms with van der Waals surface area (Å²) >= 11 is 0. The van der Waals surface area contributed by atoms with Gasteiger partial charge in [-0.2, -0.15) is 0 Å². The quantitative estimate of drug-likeness (QED) is 0.417. The van der Waals surface area contributed by atoms with E-state index >= 15 is 0 Å². The summed E-state index contributed by atoms with van der Waals surface area (Å²) in [5.74, 6) is 0. The predicted molar refractivity (Wildman–Crippen MR) is 66.6 cm³/mol. The molecule has 0 fully saturated rings. The second-order valence-electron chi connectivity index (χ2n) is 6.79. The molecule has 0 aliphatic rings. The third-order valence-corrected chi connectivity index (χ3v) is 2.47. The van der Waals surface area contributed by atoms with E-state index in [1.165, 1.54) is 0 Å². The van der Waals surface area contributed by atoms with E-state index in [4.69, 9.17) is 5.21 Å². The molecule has 0 aliphatic heterocycles. The zero-order valence-corrected chi connectivity index (χ0v) is 11.2. The fourth-order valence-corrected chi connectivity index (χ4v) is 1.26. The van der Waals surface area contributed by atoms with Gasteiger partial charge in [0.1, 0.15) is 0 Å². The highest BCUT2D eigenvalue weighted by Crippen LogP contribution is 2.25. The normalized spacial score (nSPS) is 12.7. The third kappa shape index (κ3) is 9.77. The summed E-state index contributed by atoms with van der Waals surface area (Å²) in [5.41, 5.74) is 1.58. The molecule has 0 amide bonds. The largest absolute Gasteiger partial charge is 0.411 e. The summed E-state index contributed by atoms with van der Waals surface area (Å²) in [4.78, 5) is 0. The van der Waals surface area contributed by atoms with E-state index in [1.54, 1.807) is 0 Å². The molecule has 0 radical (unpaired) electrons. The molecule has 0 bridgehead atoms. The van der Waals surface area contributed by atoms with Gasteiger partial charge in [-0.15, -0.1) is 0 Å². The Morgan fingerprint density at radius 1 is 0.867 bits per heavy atom. The number of oxime groups is 1. The summed E-state index contributed by atoms with van der Waals surface area (Å²) in [7, 11) is 0. The molecule has 0 unspecified atom stereocenters. The van der Waals surface area contributed by atoms with Crippen molar-refractivity contribution in [2.24, 2.45) is 16.0 Å². The molecule has 0 aromatic carbocycles. The lowest BCUT2D eigenvalue weighted by Gasteiger charge is -2.20. The number of hydrogen-bond donors (Lipinski definition) is 1. The average molecular weight is 213 g/mol. The fourth-order valence-electron chi connectivity index (χ4n) is 1.26. The van der Waals surface area contributed by atoms with Crippen molar-refractivity contribution < 1.29 is 5.21 Å². The van der Waals surface area contributed by atoms with Crippen molar-refractivity contribution in [1.82, 2.24) is 0 Å². The molecule has 2 heteroatoms. The minimum atomic E-state index is 0.317. The highest BCUT2D eigenvalue weighted by molar-refractivity contribution is 5.83. The Kier molecular flexibility index (Phi) is 5.33. The van der Waals surface area contributed by atoms with Crippen LogP contribution in [0.1, 0.15) is 67.2 Å². The number of rotatable bonds is 4. The van der Waals surface area contributed by atoms with Gasteiger partial charge in [-0.1, -0.05) is 46.7 Å². The van der Waals surface area contributed by atoms with Crippen LogP contribution < -0.4 is 0 Å². The maximum absolute atomic E-state index is 8.91. The Labute approximate surface area is 94.8 Å². The van der Waals surface area contributed by atoms with Crippen molar-refractivity contribution in [1.29, 1.82) is 0 Å². The van der Waals surface area contributed by atoms with Crippen LogP contribution in [-0.2, 0) is 0 Å². The lowest BCUT2D eigenvalue weighted by atomic mass is 9.86. The van der Waals surface area contributed by atoms with Gasteiger partial charge in [0.25, 0.3) is 0 Å². The Morgan fingerprint density at radius 2 is 1.20 bits per heavy atom. The molecule has 0 aromatic heterocycles. The van der Waals surface area contributed by atoms with Crippen molar-refractivity contribution >= 4 is 5.71 Å². The Bertz CT molecular complexity index is 186. The van der Waals surface area contributed by atoms with Crippen molar-refractivity contribution in [2.75, 3.05) is 0 Å². The second kappa shape index (κ2) is 5.53. The first kappa shape index (κ1) is 14.5. The molecule has 2 nitrogen and oxygen atoms in total. The minimum Gasteiger partial charge on any atom is -0.411 e. The molecule has 0 spiro atoms. The monoisotopic (exact) mass is 213 g/mol. The highest BCUT2D eigenvalue weighted by Gasteiger charge is 2.15. The van der Waals surface area contributed by atoms with Gasteiger partial charge < -0.3 is 5.21 Å². The molecule has 0 rings (SSSR count). The molecule has 0 heterocycles. The molecule has 0 aromatic rings. The average Bonchev–Trinajstić information content (AvgIpc) is 2.00. The zero-order chi connectivity index (χ0) is 12.1. The molecule has 0 aliphatic carbocycles. The van der Waals surface area contributed by atoms with Gasteiger partial charge in [0, 0.05) is 0 Å². The second-order valence-corrected chi connectivity index (χ2v) is 6.79. The standard InChI is InChI=1S/C13H27NO/c1-12(2,3)9-7-11(14-15)8-10-13(4,5)6/h15H,7-10H2,1-6H3. The van der Waals surface area contributed by atoms with Gasteiger partial charge in [0.15, 0.2) is 0 Å². The van der Waals surface area contributed by atoms with Crippen LogP contribution in [0.25, 0.3) is 0 Å². The summed E-state index contributed by atoms with van der Waals surface area (Å²) in [6.07, 6.45) is 3.99. The maximum Gasteiger partial charge on any atom is 0.0571 e. The van der Waals surface area contributed by atoms with Crippen molar-refractivity contribution in [2.45, 2.75) is 67.2 Å². The van der Waals surface area contributed by atoms with Gasteiger partial charge in [0.05, 0.1) is 5.71 Å². The first-order chi connectivity index (χ1) is 6.64. The lowest BCUT2D eigenvalue weighted by molar-refractivity contribution is 0.309. The number of nitrogens with zero attached hydrogens (tertiary/aromatic N) is 1. The topological polar surface area (TPSA) is 32.6 Å². The van der Waals surface area contributed by atoms with E-state index in [0.717, 1.165) is 31.4 Å². The summed E-state index contributed by atoms with van der Waals surface area (Å²) in [5, 5.41) is 12.3. The Balaban J connectivity index is 3.97. The fraction of sp³-hybridized carbons (Fsp3) is 0.923. The van der Waals surface area contributed by atoms with Crippen molar-refractivity contribution in [3.8, 4) is 0 Å². The molecule has 1 N–H and O–H groups in total. The molecular formula is C13H27NO. The summed E-state index contributed by atoms with van der Waals surface area (Å²) < 4.78 is 0. The number of hydrogen-bond acceptors (Lipinski definition) is 2. The smallest absolute Gasteiger partial charge is 0.0571 e. The molecular weight excluding hydrogens is 186 g/mol. The van der Waals surface area contributed by atoms with Gasteiger partial charge in [0.2, 0.25) is 0 Å². The molecule has 0 saturated carbocycles. The highest BCUT2D eigenvalue weighted by atomic mass is 16.4. The summed E-state index contributed by atoms with van der Waals surface area (Å²) in [6.45, 7) is 13.3. The van der Waals surface area contributed by atoms with Crippen LogP contribution in [0.4, 0.5) is 0 Å². The third-order valence-electron chi connectivity index (χ3n) is 2.47. The Hall–Kier alpha value is -0.530. The van der Waals surface area contributed by atoms with Crippen LogP contribution in [0.3, 0.4) is 0 Å². The van der Waals surface area contributed by atoms with E-state index in [9.17, 15) is 0 Å². The van der Waals surface area contributed by atoms with Crippen LogP contribution in [0.5, 0.6) is 0 Å². The molecule has 0 saturated heterocycles. The SMILES string of the molecule is CC(C)(C)CCC(CCC(C)(C)C)=NO. The van der Waals surface area contributed by atoms with Crippen LogP contribution in [0, 0.1) is 10.8 Å². The van der Waals surface area contributed by atoms with Gasteiger partial charge >= 0.3 is 0 Å². The van der Waals surface area contributed by atoms with Crippen LogP contribution in [-0.4, -0.2) is 10.9 Å². The molecule has 90 valence electrons. The van der Waals surface area contributed by atoms with E-state index in [1.807, 2.05) is 0 Å². The van der Waals surface area contributed by atoms with E-state index < -0.39 is 0 Å². The van der Waals surface area contributed by atoms with E-state index in [0.29, 0.717) is 10.8 Å². The van der Waals surface area contributed by atoms with Crippen molar-refractivity contribution in [3.63, 3.8) is 0 Å². The van der Waals surface area contributed by atoms with Gasteiger partial charge in [-0.25, -0.2) is 0 Å². The summed E-state index contributed by atoms with van der Waals surface area (Å²) in [6, 6.07) is 0. The molecule has 15 heavy (non-hydrogen) atoms. The van der Waals surface area contributed by atoms with E-state index in [2.05, 4.69) is 46.7 Å². The minimum absolute atomic E-state index is 0.317. The van der Waals surface area contributed by atoms with Crippen LogP contribution in [0.2, 0.25) is 0 Å². The first-order valence-corrected chi connectivity index (χ1v) is 5.84. The lowest BCUT2D eigenvalue weighted by Crippen LogP contribution is -2.12. The van der Waals surface area contributed by atoms with Gasteiger partial charge in [-0.3, -0.25) is 0 Å². The maximum atomic E-state index is 8.91. The Morgan fingerprint density at radius 3 is 1.40 bits per heavy atom. The van der Waals surface area contributed by atoms with Crippen molar-refractivity contribution in [3.05, 3.63) is 0 Å². The van der Waals surface area contributed by atoms with Gasteiger partial charge in [-0.05, 0) is 36.5 Å². The first-order valence-electron chi connectivity index (χ1n) is 5.84.